The average molecular weight is 280 g/mol. The smallest absolute Gasteiger partial charge is 0.408 e. The van der Waals surface area contributed by atoms with Gasteiger partial charge in [0.1, 0.15) is 6.61 Å². The number of nitrogens with zero attached hydrogens (tertiary/aromatic N) is 1. The van der Waals surface area contributed by atoms with Gasteiger partial charge in [-0.3, -0.25) is 4.98 Å². The highest BCUT2D eigenvalue weighted by Crippen LogP contribution is 2.01. The maximum Gasteiger partial charge on any atom is 0.408 e. The maximum atomic E-state index is 11.5. The van der Waals surface area contributed by atoms with E-state index in [9.17, 15) is 4.79 Å². The van der Waals surface area contributed by atoms with E-state index in [4.69, 9.17) is 4.74 Å². The fourth-order valence-corrected chi connectivity index (χ4v) is 1.65. The molecule has 1 aromatic carbocycles. The van der Waals surface area contributed by atoms with Gasteiger partial charge < -0.3 is 10.1 Å². The van der Waals surface area contributed by atoms with Crippen LogP contribution in [0.15, 0.2) is 48.7 Å². The highest BCUT2D eigenvalue weighted by Gasteiger charge is 2.00. The van der Waals surface area contributed by atoms with E-state index in [1.165, 1.54) is 0 Å². The van der Waals surface area contributed by atoms with Gasteiger partial charge in [-0.15, -0.1) is 0 Å². The lowest BCUT2D eigenvalue weighted by Gasteiger charge is -2.04. The van der Waals surface area contributed by atoms with E-state index in [-0.39, 0.29) is 13.2 Å². The van der Waals surface area contributed by atoms with E-state index in [1.807, 2.05) is 49.4 Å². The van der Waals surface area contributed by atoms with Gasteiger partial charge in [-0.05, 0) is 24.6 Å². The Kier molecular flexibility index (Phi) is 5.36. The minimum Gasteiger partial charge on any atom is -0.445 e. The Morgan fingerprint density at radius 1 is 1.24 bits per heavy atom. The molecule has 0 saturated carbocycles. The van der Waals surface area contributed by atoms with Gasteiger partial charge in [0.05, 0.1) is 12.2 Å². The van der Waals surface area contributed by atoms with Gasteiger partial charge in [0.2, 0.25) is 0 Å². The van der Waals surface area contributed by atoms with E-state index in [1.54, 1.807) is 6.20 Å². The average Bonchev–Trinajstić information content (AvgIpc) is 2.52. The Balaban J connectivity index is 1.74. The molecule has 0 aliphatic rings. The van der Waals surface area contributed by atoms with Gasteiger partial charge in [0.15, 0.2) is 0 Å². The largest absolute Gasteiger partial charge is 0.445 e. The number of hydrogen-bond acceptors (Lipinski definition) is 3. The molecule has 4 nitrogen and oxygen atoms in total. The second-order valence-electron chi connectivity index (χ2n) is 4.35. The molecule has 2 rings (SSSR count). The molecule has 0 fully saturated rings. The van der Waals surface area contributed by atoms with Crippen molar-refractivity contribution in [1.82, 2.24) is 10.3 Å². The first-order chi connectivity index (χ1) is 10.3. The summed E-state index contributed by atoms with van der Waals surface area (Å²) in [5.74, 6) is 5.83. The Hall–Kier alpha value is -2.80. The Labute approximate surface area is 124 Å². The third-order valence-corrected chi connectivity index (χ3v) is 2.76. The van der Waals surface area contributed by atoms with Crippen LogP contribution in [0.25, 0.3) is 0 Å². The molecule has 21 heavy (non-hydrogen) atoms. The first kappa shape index (κ1) is 14.6. The molecule has 0 saturated heterocycles. The van der Waals surface area contributed by atoms with Crippen LogP contribution in [0, 0.1) is 18.8 Å². The molecule has 2 aromatic rings. The van der Waals surface area contributed by atoms with Crippen LogP contribution in [-0.4, -0.2) is 17.6 Å². The van der Waals surface area contributed by atoms with Crippen molar-refractivity contribution in [2.75, 3.05) is 6.54 Å². The number of aryl methyl sites for hydroxylation is 1. The fraction of sp³-hybridized carbons (Fsp3) is 0.176. The molecule has 0 atom stereocenters. The van der Waals surface area contributed by atoms with E-state index >= 15 is 0 Å². The van der Waals surface area contributed by atoms with Crippen LogP contribution in [0.1, 0.15) is 16.8 Å². The molecule has 0 aliphatic heterocycles. The third kappa shape index (κ3) is 5.00. The van der Waals surface area contributed by atoms with Gasteiger partial charge >= 0.3 is 6.09 Å². The summed E-state index contributed by atoms with van der Waals surface area (Å²) in [7, 11) is 0. The summed E-state index contributed by atoms with van der Waals surface area (Å²) in [6.07, 6.45) is 1.25. The summed E-state index contributed by atoms with van der Waals surface area (Å²) < 4.78 is 5.07. The van der Waals surface area contributed by atoms with Crippen molar-refractivity contribution in [1.29, 1.82) is 0 Å². The molecule has 0 spiro atoms. The van der Waals surface area contributed by atoms with E-state index in [2.05, 4.69) is 22.1 Å². The normalized spacial score (nSPS) is 9.38. The number of amides is 1. The number of alkyl carbamates (subject to hydrolysis) is 1. The Morgan fingerprint density at radius 3 is 2.81 bits per heavy atom. The lowest BCUT2D eigenvalue weighted by atomic mass is 10.2. The van der Waals surface area contributed by atoms with Gasteiger partial charge in [0, 0.05) is 11.8 Å². The van der Waals surface area contributed by atoms with Gasteiger partial charge in [-0.2, -0.15) is 0 Å². The number of benzene rings is 1. The SMILES string of the molecule is Cc1ncccc1C#CCNC(=O)OCc1ccccc1. The number of carbonyl (C=O) groups excluding carboxylic acids is 1. The zero-order valence-corrected chi connectivity index (χ0v) is 11.8. The first-order valence-corrected chi connectivity index (χ1v) is 6.61. The summed E-state index contributed by atoms with van der Waals surface area (Å²) in [4.78, 5) is 15.6. The van der Waals surface area contributed by atoms with Crippen molar-refractivity contribution in [3.63, 3.8) is 0 Å². The van der Waals surface area contributed by atoms with Crippen LogP contribution in [0.2, 0.25) is 0 Å². The molecule has 1 aromatic heterocycles. The summed E-state index contributed by atoms with van der Waals surface area (Å²) in [5.41, 5.74) is 2.68. The van der Waals surface area contributed by atoms with Crippen molar-refractivity contribution in [3.05, 3.63) is 65.5 Å². The molecule has 0 aliphatic carbocycles. The molecular formula is C17H16N2O2. The predicted octanol–water partition coefficient (Wildman–Crippen LogP) is 2.67. The highest BCUT2D eigenvalue weighted by molar-refractivity contribution is 5.67. The number of nitrogens with one attached hydrogen (secondary N) is 1. The number of aromatic nitrogens is 1. The molecule has 1 N–H and O–H groups in total. The number of ether oxygens (including phenoxy) is 1. The van der Waals surface area contributed by atoms with Gasteiger partial charge in [-0.25, -0.2) is 4.79 Å². The summed E-state index contributed by atoms with van der Waals surface area (Å²) in [5, 5.41) is 2.59. The summed E-state index contributed by atoms with van der Waals surface area (Å²) >= 11 is 0. The lowest BCUT2D eigenvalue weighted by Crippen LogP contribution is -2.24. The van der Waals surface area contributed by atoms with Crippen molar-refractivity contribution in [2.45, 2.75) is 13.5 Å². The standard InChI is InChI=1S/C17H16N2O2/c1-14-16(9-5-11-18-14)10-6-12-19-17(20)21-13-15-7-3-2-4-8-15/h2-5,7-9,11H,12-13H2,1H3,(H,19,20). The third-order valence-electron chi connectivity index (χ3n) is 2.76. The zero-order valence-electron chi connectivity index (χ0n) is 11.8. The summed E-state index contributed by atoms with van der Waals surface area (Å²) in [6.45, 7) is 2.38. The van der Waals surface area contributed by atoms with E-state index < -0.39 is 6.09 Å². The van der Waals surface area contributed by atoms with Crippen LogP contribution in [0.3, 0.4) is 0 Å². The first-order valence-electron chi connectivity index (χ1n) is 6.61. The van der Waals surface area contributed by atoms with Crippen molar-refractivity contribution >= 4 is 6.09 Å². The van der Waals surface area contributed by atoms with Crippen LogP contribution >= 0.6 is 0 Å². The second-order valence-corrected chi connectivity index (χ2v) is 4.35. The minimum atomic E-state index is -0.476. The number of rotatable bonds is 3. The monoisotopic (exact) mass is 280 g/mol. The topological polar surface area (TPSA) is 51.2 Å². The molecule has 0 unspecified atom stereocenters. The lowest BCUT2D eigenvalue weighted by molar-refractivity contribution is 0.141. The van der Waals surface area contributed by atoms with E-state index in [0.29, 0.717) is 0 Å². The molecule has 1 amide bonds. The Bertz CT molecular complexity index is 657. The van der Waals surface area contributed by atoms with Gasteiger partial charge in [-0.1, -0.05) is 42.2 Å². The van der Waals surface area contributed by atoms with Crippen LogP contribution in [0.5, 0.6) is 0 Å². The van der Waals surface area contributed by atoms with Gasteiger partial charge in [0.25, 0.3) is 0 Å². The predicted molar refractivity (Wildman–Crippen MR) is 80.5 cm³/mol. The molecule has 1 heterocycles. The Morgan fingerprint density at radius 2 is 2.05 bits per heavy atom. The van der Waals surface area contributed by atoms with Crippen LogP contribution in [-0.2, 0) is 11.3 Å². The minimum absolute atomic E-state index is 0.238. The quantitative estimate of drug-likeness (QED) is 0.879. The van der Waals surface area contributed by atoms with Crippen LogP contribution < -0.4 is 5.32 Å². The highest BCUT2D eigenvalue weighted by atomic mass is 16.5. The number of hydrogen-bond donors (Lipinski definition) is 1. The molecule has 0 radical (unpaired) electrons. The fourth-order valence-electron chi connectivity index (χ4n) is 1.65. The van der Waals surface area contributed by atoms with Crippen molar-refractivity contribution in [3.8, 4) is 11.8 Å². The number of pyridine rings is 1. The van der Waals surface area contributed by atoms with Crippen molar-refractivity contribution < 1.29 is 9.53 Å². The maximum absolute atomic E-state index is 11.5. The summed E-state index contributed by atoms with van der Waals surface area (Å²) in [6, 6.07) is 13.2. The zero-order chi connectivity index (χ0) is 14.9. The molecular weight excluding hydrogens is 264 g/mol. The molecule has 4 heteroatoms. The molecule has 0 bridgehead atoms. The van der Waals surface area contributed by atoms with E-state index in [0.717, 1.165) is 16.8 Å². The second kappa shape index (κ2) is 7.71. The molecule has 106 valence electrons. The van der Waals surface area contributed by atoms with Crippen molar-refractivity contribution in [2.24, 2.45) is 0 Å². The van der Waals surface area contributed by atoms with Crippen LogP contribution in [0.4, 0.5) is 4.79 Å². The number of carbonyl (C=O) groups is 1.